The number of hydrogen-bond acceptors (Lipinski definition) is 5. The van der Waals surface area contributed by atoms with E-state index in [2.05, 4.69) is 4.98 Å². The Hall–Kier alpha value is -4.20. The summed E-state index contributed by atoms with van der Waals surface area (Å²) in [5.74, 6) is -1.48. The molecule has 0 aliphatic heterocycles. The number of carbonyl (C=O) groups excluding carboxylic acids is 1. The SMILES string of the molecule is COc1ccc(C(=O)c2c(C)n(Cc3ccc(F)c(O[C@@H](C)C(=O)O)c3)c3nc(C)ccc23)cc1. The molecule has 1 N–H and O–H groups in total. The molecule has 2 aromatic heterocycles. The van der Waals surface area contributed by atoms with E-state index >= 15 is 0 Å². The molecule has 0 saturated carbocycles. The predicted molar refractivity (Wildman–Crippen MR) is 129 cm³/mol. The van der Waals surface area contributed by atoms with E-state index in [-0.39, 0.29) is 18.1 Å². The van der Waals surface area contributed by atoms with Gasteiger partial charge < -0.3 is 19.1 Å². The quantitative estimate of drug-likeness (QED) is 0.363. The van der Waals surface area contributed by atoms with Gasteiger partial charge in [0.05, 0.1) is 12.7 Å². The van der Waals surface area contributed by atoms with Crippen LogP contribution in [0.25, 0.3) is 11.0 Å². The molecule has 0 unspecified atom stereocenters. The lowest BCUT2D eigenvalue weighted by Gasteiger charge is -2.14. The fourth-order valence-electron chi connectivity index (χ4n) is 3.96. The zero-order valence-corrected chi connectivity index (χ0v) is 19.8. The van der Waals surface area contributed by atoms with E-state index in [4.69, 9.17) is 14.6 Å². The Bertz CT molecular complexity index is 1430. The van der Waals surface area contributed by atoms with Gasteiger partial charge in [-0.15, -0.1) is 0 Å². The molecular weight excluding hydrogens is 451 g/mol. The van der Waals surface area contributed by atoms with Gasteiger partial charge in [0.1, 0.15) is 11.4 Å². The Morgan fingerprint density at radius 3 is 2.46 bits per heavy atom. The summed E-state index contributed by atoms with van der Waals surface area (Å²) >= 11 is 0. The number of ketones is 1. The van der Waals surface area contributed by atoms with Gasteiger partial charge in [-0.1, -0.05) is 6.07 Å². The molecule has 0 saturated heterocycles. The first-order valence-corrected chi connectivity index (χ1v) is 11.0. The van der Waals surface area contributed by atoms with Crippen LogP contribution in [-0.4, -0.2) is 39.6 Å². The summed E-state index contributed by atoms with van der Waals surface area (Å²) in [6, 6.07) is 15.0. The zero-order valence-electron chi connectivity index (χ0n) is 19.8. The normalized spacial score (nSPS) is 11.9. The van der Waals surface area contributed by atoms with Crippen LogP contribution in [0.2, 0.25) is 0 Å². The standard InChI is InChI=1S/C27H25FN2O5/c1-15-5-11-21-24(25(31)19-7-9-20(34-4)10-8-19)16(2)30(26(21)29-15)14-18-6-12-22(28)23(13-18)35-17(3)27(32)33/h5-13,17H,14H2,1-4H3,(H,32,33)/t17-/m0/s1. The second-order valence-corrected chi connectivity index (χ2v) is 8.29. The largest absolute Gasteiger partial charge is 0.497 e. The van der Waals surface area contributed by atoms with Crippen LogP contribution in [0, 0.1) is 19.7 Å². The van der Waals surface area contributed by atoms with Crippen LogP contribution in [0.4, 0.5) is 4.39 Å². The van der Waals surface area contributed by atoms with E-state index in [0.717, 1.165) is 5.69 Å². The molecule has 0 aliphatic carbocycles. The number of fused-ring (bicyclic) bond motifs is 1. The minimum Gasteiger partial charge on any atom is -0.497 e. The Kier molecular flexibility index (Phi) is 6.55. The van der Waals surface area contributed by atoms with Crippen LogP contribution in [0.3, 0.4) is 0 Å². The monoisotopic (exact) mass is 476 g/mol. The van der Waals surface area contributed by atoms with E-state index in [9.17, 15) is 14.0 Å². The van der Waals surface area contributed by atoms with Gasteiger partial charge in [0.15, 0.2) is 23.5 Å². The highest BCUT2D eigenvalue weighted by Crippen LogP contribution is 2.30. The summed E-state index contributed by atoms with van der Waals surface area (Å²) in [7, 11) is 1.57. The molecule has 1 atom stereocenters. The molecule has 0 aliphatic rings. The number of aromatic nitrogens is 2. The van der Waals surface area contributed by atoms with Crippen molar-refractivity contribution in [2.24, 2.45) is 0 Å². The van der Waals surface area contributed by atoms with Crippen molar-refractivity contribution in [1.82, 2.24) is 9.55 Å². The third kappa shape index (κ3) is 4.73. The average Bonchev–Trinajstić information content (AvgIpc) is 3.11. The molecule has 2 heterocycles. The van der Waals surface area contributed by atoms with Gasteiger partial charge in [0.25, 0.3) is 0 Å². The Morgan fingerprint density at radius 2 is 1.80 bits per heavy atom. The van der Waals surface area contributed by atoms with E-state index in [1.165, 1.54) is 19.1 Å². The summed E-state index contributed by atoms with van der Waals surface area (Å²) < 4.78 is 26.6. The lowest BCUT2D eigenvalue weighted by atomic mass is 10.0. The van der Waals surface area contributed by atoms with Crippen LogP contribution >= 0.6 is 0 Å². The van der Waals surface area contributed by atoms with Crippen LogP contribution in [0.15, 0.2) is 54.6 Å². The number of halogens is 1. The predicted octanol–water partition coefficient (Wildman–Crippen LogP) is 4.93. The lowest BCUT2D eigenvalue weighted by molar-refractivity contribution is -0.144. The minimum absolute atomic E-state index is 0.141. The van der Waals surface area contributed by atoms with E-state index < -0.39 is 17.9 Å². The average molecular weight is 477 g/mol. The van der Waals surface area contributed by atoms with Crippen molar-refractivity contribution in [2.45, 2.75) is 33.4 Å². The maximum Gasteiger partial charge on any atom is 0.344 e. The van der Waals surface area contributed by atoms with Gasteiger partial charge in [-0.3, -0.25) is 4.79 Å². The number of rotatable bonds is 8. The van der Waals surface area contributed by atoms with Crippen molar-refractivity contribution >= 4 is 22.8 Å². The number of ether oxygens (including phenoxy) is 2. The van der Waals surface area contributed by atoms with Gasteiger partial charge >= 0.3 is 5.97 Å². The topological polar surface area (TPSA) is 90.7 Å². The number of carboxylic acids is 1. The molecular formula is C27H25FN2O5. The number of carboxylic acid groups (broad SMARTS) is 1. The van der Waals surface area contributed by atoms with E-state index in [0.29, 0.717) is 39.2 Å². The number of pyridine rings is 1. The number of hydrogen-bond donors (Lipinski definition) is 1. The molecule has 0 fully saturated rings. The number of carbonyl (C=O) groups is 2. The lowest BCUT2D eigenvalue weighted by Crippen LogP contribution is -2.23. The number of aryl methyl sites for hydroxylation is 1. The van der Waals surface area contributed by atoms with Crippen molar-refractivity contribution < 1.29 is 28.6 Å². The van der Waals surface area contributed by atoms with Crippen LogP contribution < -0.4 is 9.47 Å². The Balaban J connectivity index is 1.77. The maximum atomic E-state index is 14.3. The third-order valence-corrected chi connectivity index (χ3v) is 5.87. The van der Waals surface area contributed by atoms with Crippen molar-refractivity contribution in [2.75, 3.05) is 7.11 Å². The Labute approximate surface area is 201 Å². The van der Waals surface area contributed by atoms with Crippen molar-refractivity contribution in [3.05, 3.63) is 88.5 Å². The summed E-state index contributed by atoms with van der Waals surface area (Å²) in [5.41, 5.74) is 3.86. The van der Waals surface area contributed by atoms with Gasteiger partial charge in [-0.25, -0.2) is 14.2 Å². The van der Waals surface area contributed by atoms with Crippen molar-refractivity contribution in [1.29, 1.82) is 0 Å². The van der Waals surface area contributed by atoms with Crippen molar-refractivity contribution in [3.63, 3.8) is 0 Å². The number of methoxy groups -OCH3 is 1. The first-order valence-electron chi connectivity index (χ1n) is 11.0. The fraction of sp³-hybridized carbons (Fsp3) is 0.222. The molecule has 0 bridgehead atoms. The first-order chi connectivity index (χ1) is 16.7. The van der Waals surface area contributed by atoms with Crippen LogP contribution in [0.5, 0.6) is 11.5 Å². The Morgan fingerprint density at radius 1 is 1.09 bits per heavy atom. The highest BCUT2D eigenvalue weighted by molar-refractivity contribution is 6.17. The van der Waals surface area contributed by atoms with Gasteiger partial charge in [0, 0.05) is 28.9 Å². The minimum atomic E-state index is -1.20. The molecule has 0 spiro atoms. The second-order valence-electron chi connectivity index (χ2n) is 8.29. The highest BCUT2D eigenvalue weighted by atomic mass is 19.1. The summed E-state index contributed by atoms with van der Waals surface area (Å²) in [6.07, 6.45) is -1.20. The van der Waals surface area contributed by atoms with Gasteiger partial charge in [-0.2, -0.15) is 0 Å². The molecule has 2 aromatic carbocycles. The number of benzene rings is 2. The number of nitrogens with zero attached hydrogens (tertiary/aromatic N) is 2. The zero-order chi connectivity index (χ0) is 25.3. The van der Waals surface area contributed by atoms with Crippen LogP contribution in [-0.2, 0) is 11.3 Å². The smallest absolute Gasteiger partial charge is 0.344 e. The van der Waals surface area contributed by atoms with Gasteiger partial charge in [-0.05, 0) is 74.9 Å². The highest BCUT2D eigenvalue weighted by Gasteiger charge is 2.23. The maximum absolute atomic E-state index is 14.3. The van der Waals surface area contributed by atoms with Gasteiger partial charge in [0.2, 0.25) is 0 Å². The molecule has 0 radical (unpaired) electrons. The van der Waals surface area contributed by atoms with E-state index in [1.54, 1.807) is 37.4 Å². The molecule has 180 valence electrons. The molecule has 7 nitrogen and oxygen atoms in total. The fourth-order valence-corrected chi connectivity index (χ4v) is 3.96. The summed E-state index contributed by atoms with van der Waals surface area (Å²) in [4.78, 5) is 29.3. The molecule has 35 heavy (non-hydrogen) atoms. The number of aliphatic carboxylic acids is 1. The molecule has 4 aromatic rings. The summed E-state index contributed by atoms with van der Waals surface area (Å²) in [6.45, 7) is 5.34. The van der Waals surface area contributed by atoms with E-state index in [1.807, 2.05) is 30.5 Å². The molecule has 8 heteroatoms. The van der Waals surface area contributed by atoms with Crippen molar-refractivity contribution in [3.8, 4) is 11.5 Å². The molecule has 0 amide bonds. The molecule has 4 rings (SSSR count). The third-order valence-electron chi connectivity index (χ3n) is 5.87. The van der Waals surface area contributed by atoms with Crippen LogP contribution in [0.1, 0.15) is 39.8 Å². The first kappa shape index (κ1) is 23.9. The second kappa shape index (κ2) is 9.58. The summed E-state index contributed by atoms with van der Waals surface area (Å²) in [5, 5.41) is 9.81.